The number of pyridine rings is 1. The maximum atomic E-state index is 5.21. The lowest BCUT2D eigenvalue weighted by Gasteiger charge is -2.06. The average molecular weight is 167 g/mol. The molecule has 0 unspecified atom stereocenters. The van der Waals surface area contributed by atoms with Gasteiger partial charge >= 0.3 is 0 Å². The largest absolute Gasteiger partial charge is 0.496 e. The van der Waals surface area contributed by atoms with Crippen molar-refractivity contribution in [2.24, 2.45) is 0 Å². The van der Waals surface area contributed by atoms with Crippen molar-refractivity contribution in [1.29, 1.82) is 0 Å². The second-order valence-electron chi connectivity index (χ2n) is 2.43. The molecule has 66 valence electrons. The highest BCUT2D eigenvalue weighted by atomic mass is 16.5. The van der Waals surface area contributed by atoms with Crippen molar-refractivity contribution >= 4 is 0 Å². The van der Waals surface area contributed by atoms with Gasteiger partial charge in [-0.15, -0.1) is 0 Å². The number of ether oxygens (including phenoxy) is 2. The van der Waals surface area contributed by atoms with E-state index < -0.39 is 0 Å². The van der Waals surface area contributed by atoms with Crippen molar-refractivity contribution in [3.05, 3.63) is 17.8 Å². The third-order valence-electron chi connectivity index (χ3n) is 1.54. The summed E-state index contributed by atoms with van der Waals surface area (Å²) in [7, 11) is 1.64. The first kappa shape index (κ1) is 8.84. The fraction of sp³-hybridized carbons (Fsp3) is 0.444. The van der Waals surface area contributed by atoms with Crippen LogP contribution in [-0.4, -0.2) is 18.7 Å². The number of hydrogen-bond acceptors (Lipinski definition) is 3. The highest BCUT2D eigenvalue weighted by Crippen LogP contribution is 2.20. The van der Waals surface area contributed by atoms with E-state index >= 15 is 0 Å². The Balaban J connectivity index is 2.89. The van der Waals surface area contributed by atoms with Crippen molar-refractivity contribution < 1.29 is 9.47 Å². The van der Waals surface area contributed by atoms with E-state index in [0.717, 1.165) is 11.3 Å². The SMILES string of the molecule is CCOc1cc(OC)c(C)cn1. The Labute approximate surface area is 72.3 Å². The first-order valence-electron chi connectivity index (χ1n) is 3.91. The summed E-state index contributed by atoms with van der Waals surface area (Å²) < 4.78 is 10.3. The van der Waals surface area contributed by atoms with Crippen LogP contribution in [0.3, 0.4) is 0 Å². The molecule has 0 bridgehead atoms. The van der Waals surface area contributed by atoms with Crippen LogP contribution in [0.2, 0.25) is 0 Å². The molecule has 0 saturated heterocycles. The van der Waals surface area contributed by atoms with Crippen molar-refractivity contribution in [1.82, 2.24) is 4.98 Å². The summed E-state index contributed by atoms with van der Waals surface area (Å²) in [4.78, 5) is 4.07. The first-order valence-corrected chi connectivity index (χ1v) is 3.91. The normalized spacial score (nSPS) is 9.58. The molecule has 1 aromatic heterocycles. The predicted octanol–water partition coefficient (Wildman–Crippen LogP) is 1.80. The molecule has 0 radical (unpaired) electrons. The lowest BCUT2D eigenvalue weighted by Crippen LogP contribution is -1.96. The summed E-state index contributed by atoms with van der Waals surface area (Å²) in [5, 5.41) is 0. The standard InChI is InChI=1S/C9H13NO2/c1-4-12-9-5-8(11-3)7(2)6-10-9/h5-6H,4H2,1-3H3. The first-order chi connectivity index (χ1) is 5.77. The van der Waals surface area contributed by atoms with Crippen LogP contribution in [-0.2, 0) is 0 Å². The van der Waals surface area contributed by atoms with Gasteiger partial charge in [0, 0.05) is 17.8 Å². The summed E-state index contributed by atoms with van der Waals surface area (Å²) in [5.41, 5.74) is 1.01. The van der Waals surface area contributed by atoms with Crippen LogP contribution in [0.25, 0.3) is 0 Å². The molecule has 0 saturated carbocycles. The zero-order valence-electron chi connectivity index (χ0n) is 7.63. The average Bonchev–Trinajstić information content (AvgIpc) is 2.09. The molecule has 3 heteroatoms. The van der Waals surface area contributed by atoms with Gasteiger partial charge in [-0.25, -0.2) is 4.98 Å². The molecule has 0 atom stereocenters. The van der Waals surface area contributed by atoms with E-state index in [2.05, 4.69) is 4.98 Å². The van der Waals surface area contributed by atoms with E-state index in [0.29, 0.717) is 12.5 Å². The Morgan fingerprint density at radius 2 is 2.25 bits per heavy atom. The fourth-order valence-electron chi connectivity index (χ4n) is 0.934. The van der Waals surface area contributed by atoms with Crippen LogP contribution >= 0.6 is 0 Å². The third-order valence-corrected chi connectivity index (χ3v) is 1.54. The maximum absolute atomic E-state index is 5.21. The van der Waals surface area contributed by atoms with Crippen LogP contribution < -0.4 is 9.47 Å². The van der Waals surface area contributed by atoms with Crippen LogP contribution in [0.15, 0.2) is 12.3 Å². The van der Waals surface area contributed by atoms with Crippen molar-refractivity contribution in [3.63, 3.8) is 0 Å². The molecule has 0 aliphatic heterocycles. The molecule has 1 rings (SSSR count). The van der Waals surface area contributed by atoms with E-state index in [9.17, 15) is 0 Å². The Morgan fingerprint density at radius 1 is 1.50 bits per heavy atom. The molecule has 12 heavy (non-hydrogen) atoms. The Morgan fingerprint density at radius 3 is 2.83 bits per heavy atom. The molecule has 0 aliphatic rings. The summed E-state index contributed by atoms with van der Waals surface area (Å²) in [6.07, 6.45) is 1.74. The molecule has 0 fully saturated rings. The summed E-state index contributed by atoms with van der Waals surface area (Å²) in [6.45, 7) is 4.49. The van der Waals surface area contributed by atoms with Crippen molar-refractivity contribution in [2.75, 3.05) is 13.7 Å². The summed E-state index contributed by atoms with van der Waals surface area (Å²) in [6, 6.07) is 1.79. The molecule has 1 aromatic rings. The molecular weight excluding hydrogens is 154 g/mol. The van der Waals surface area contributed by atoms with Gasteiger partial charge in [0.05, 0.1) is 13.7 Å². The number of nitrogens with zero attached hydrogens (tertiary/aromatic N) is 1. The third kappa shape index (κ3) is 1.87. The zero-order chi connectivity index (χ0) is 8.97. The number of rotatable bonds is 3. The smallest absolute Gasteiger partial charge is 0.216 e. The molecule has 0 aromatic carbocycles. The number of aromatic nitrogens is 1. The van der Waals surface area contributed by atoms with Gasteiger partial charge in [-0.05, 0) is 13.8 Å². The van der Waals surface area contributed by atoms with Crippen LogP contribution in [0, 0.1) is 6.92 Å². The lowest BCUT2D eigenvalue weighted by atomic mass is 10.3. The second kappa shape index (κ2) is 3.95. The van der Waals surface area contributed by atoms with Gasteiger partial charge in [-0.3, -0.25) is 0 Å². The molecule has 1 heterocycles. The molecule has 0 N–H and O–H groups in total. The van der Waals surface area contributed by atoms with Gasteiger partial charge in [-0.1, -0.05) is 0 Å². The van der Waals surface area contributed by atoms with E-state index in [1.54, 1.807) is 19.4 Å². The molecular formula is C9H13NO2. The van der Waals surface area contributed by atoms with Gasteiger partial charge in [0.1, 0.15) is 5.75 Å². The van der Waals surface area contributed by atoms with E-state index in [1.807, 2.05) is 13.8 Å². The lowest BCUT2D eigenvalue weighted by molar-refractivity contribution is 0.322. The summed E-state index contributed by atoms with van der Waals surface area (Å²) in [5.74, 6) is 1.42. The molecule has 0 aliphatic carbocycles. The van der Waals surface area contributed by atoms with Gasteiger partial charge in [-0.2, -0.15) is 0 Å². The minimum Gasteiger partial charge on any atom is -0.496 e. The minimum atomic E-state index is 0.611. The predicted molar refractivity (Wildman–Crippen MR) is 46.7 cm³/mol. The summed E-state index contributed by atoms with van der Waals surface area (Å²) >= 11 is 0. The maximum Gasteiger partial charge on any atom is 0.216 e. The number of methoxy groups -OCH3 is 1. The Bertz CT molecular complexity index is 261. The quantitative estimate of drug-likeness (QED) is 0.687. The van der Waals surface area contributed by atoms with E-state index in [-0.39, 0.29) is 0 Å². The van der Waals surface area contributed by atoms with Crippen LogP contribution in [0.1, 0.15) is 12.5 Å². The van der Waals surface area contributed by atoms with Gasteiger partial charge in [0.15, 0.2) is 0 Å². The van der Waals surface area contributed by atoms with E-state index in [1.165, 1.54) is 0 Å². The van der Waals surface area contributed by atoms with Crippen LogP contribution in [0.4, 0.5) is 0 Å². The molecule has 3 nitrogen and oxygen atoms in total. The number of hydrogen-bond donors (Lipinski definition) is 0. The van der Waals surface area contributed by atoms with Gasteiger partial charge in [0.25, 0.3) is 0 Å². The monoisotopic (exact) mass is 167 g/mol. The molecule has 0 amide bonds. The second-order valence-corrected chi connectivity index (χ2v) is 2.43. The highest BCUT2D eigenvalue weighted by Gasteiger charge is 2.00. The number of aryl methyl sites for hydroxylation is 1. The van der Waals surface area contributed by atoms with E-state index in [4.69, 9.17) is 9.47 Å². The van der Waals surface area contributed by atoms with Crippen LogP contribution in [0.5, 0.6) is 11.6 Å². The van der Waals surface area contributed by atoms with Crippen molar-refractivity contribution in [2.45, 2.75) is 13.8 Å². The molecule has 0 spiro atoms. The van der Waals surface area contributed by atoms with Crippen molar-refractivity contribution in [3.8, 4) is 11.6 Å². The fourth-order valence-corrected chi connectivity index (χ4v) is 0.934. The highest BCUT2D eigenvalue weighted by molar-refractivity contribution is 5.34. The van der Waals surface area contributed by atoms with Gasteiger partial charge in [0.2, 0.25) is 5.88 Å². The topological polar surface area (TPSA) is 31.4 Å². The minimum absolute atomic E-state index is 0.611. The Hall–Kier alpha value is -1.25. The zero-order valence-corrected chi connectivity index (χ0v) is 7.63. The van der Waals surface area contributed by atoms with Gasteiger partial charge < -0.3 is 9.47 Å². The Kier molecular flexibility index (Phi) is 2.91.